The molecule has 2 amide bonds. The van der Waals surface area contributed by atoms with Crippen molar-refractivity contribution in [2.24, 2.45) is 5.92 Å². The quantitative estimate of drug-likeness (QED) is 0.705. The average Bonchev–Trinajstić information content (AvgIpc) is 3.13. The number of rotatable bonds is 7. The Morgan fingerprint density at radius 2 is 1.83 bits per heavy atom. The molecule has 1 aliphatic heterocycles. The Balaban J connectivity index is 1.57. The summed E-state index contributed by atoms with van der Waals surface area (Å²) in [4.78, 5) is 38.9. The van der Waals surface area contributed by atoms with Gasteiger partial charge in [-0.25, -0.2) is 0 Å². The molecular formula is C24H28N2O4. The maximum atomic E-state index is 12.5. The van der Waals surface area contributed by atoms with Crippen LogP contribution in [0.25, 0.3) is 0 Å². The van der Waals surface area contributed by atoms with Gasteiger partial charge in [0.2, 0.25) is 5.91 Å². The van der Waals surface area contributed by atoms with E-state index in [1.54, 1.807) is 4.90 Å². The molecule has 2 aromatic rings. The third-order valence-corrected chi connectivity index (χ3v) is 5.32. The van der Waals surface area contributed by atoms with Crippen molar-refractivity contribution in [1.82, 2.24) is 0 Å². The first-order valence-electron chi connectivity index (χ1n) is 10.3. The molecule has 2 aromatic carbocycles. The number of benzene rings is 2. The van der Waals surface area contributed by atoms with Crippen molar-refractivity contribution in [2.75, 3.05) is 23.4 Å². The highest BCUT2D eigenvalue weighted by Crippen LogP contribution is 2.29. The van der Waals surface area contributed by atoms with E-state index in [0.717, 1.165) is 23.2 Å². The highest BCUT2D eigenvalue weighted by molar-refractivity contribution is 6.00. The lowest BCUT2D eigenvalue weighted by atomic mass is 10.0. The molecule has 1 fully saturated rings. The summed E-state index contributed by atoms with van der Waals surface area (Å²) in [6, 6.07) is 15.2. The number of nitrogens with zero attached hydrogens (tertiary/aromatic N) is 1. The predicted octanol–water partition coefficient (Wildman–Crippen LogP) is 3.91. The predicted molar refractivity (Wildman–Crippen MR) is 116 cm³/mol. The number of aryl methyl sites for hydroxylation is 1. The van der Waals surface area contributed by atoms with Gasteiger partial charge in [0.15, 0.2) is 6.61 Å². The van der Waals surface area contributed by atoms with Crippen molar-refractivity contribution >= 4 is 29.2 Å². The normalized spacial score (nSPS) is 16.1. The second kappa shape index (κ2) is 9.57. The molecule has 0 unspecified atom stereocenters. The van der Waals surface area contributed by atoms with Crippen molar-refractivity contribution in [3.05, 3.63) is 59.7 Å². The highest BCUT2D eigenvalue weighted by atomic mass is 16.5. The van der Waals surface area contributed by atoms with Gasteiger partial charge in [0.25, 0.3) is 5.91 Å². The minimum atomic E-state index is -0.571. The van der Waals surface area contributed by atoms with Gasteiger partial charge < -0.3 is 15.0 Å². The van der Waals surface area contributed by atoms with E-state index in [1.807, 2.05) is 69.3 Å². The van der Waals surface area contributed by atoms with E-state index in [2.05, 4.69) is 5.32 Å². The Labute approximate surface area is 177 Å². The second-order valence-electron chi connectivity index (χ2n) is 7.79. The Morgan fingerprint density at radius 1 is 1.13 bits per heavy atom. The summed E-state index contributed by atoms with van der Waals surface area (Å²) >= 11 is 0. The molecule has 3 rings (SSSR count). The van der Waals surface area contributed by atoms with Crippen LogP contribution in [0, 0.1) is 5.92 Å². The first-order chi connectivity index (χ1) is 14.4. The van der Waals surface area contributed by atoms with Crippen molar-refractivity contribution in [1.29, 1.82) is 0 Å². The summed E-state index contributed by atoms with van der Waals surface area (Å²) in [5, 5.41) is 2.80. The lowest BCUT2D eigenvalue weighted by Crippen LogP contribution is -2.28. The van der Waals surface area contributed by atoms with Crippen LogP contribution >= 0.6 is 0 Å². The molecule has 0 aromatic heterocycles. The summed E-state index contributed by atoms with van der Waals surface area (Å²) in [6.07, 6.45) is 0.891. The Hall–Kier alpha value is -3.15. The monoisotopic (exact) mass is 408 g/mol. The van der Waals surface area contributed by atoms with Crippen LogP contribution in [0.5, 0.6) is 0 Å². The number of hydrogen-bond donors (Lipinski definition) is 1. The molecular weight excluding hydrogens is 380 g/mol. The first kappa shape index (κ1) is 21.6. The first-order valence-corrected chi connectivity index (χ1v) is 10.3. The van der Waals surface area contributed by atoms with E-state index >= 15 is 0 Å². The van der Waals surface area contributed by atoms with Gasteiger partial charge in [-0.1, -0.05) is 57.2 Å². The fourth-order valence-electron chi connectivity index (χ4n) is 3.73. The van der Waals surface area contributed by atoms with Crippen LogP contribution in [0.4, 0.5) is 11.4 Å². The molecule has 1 saturated heterocycles. The van der Waals surface area contributed by atoms with Gasteiger partial charge in [0.05, 0.1) is 5.92 Å². The second-order valence-corrected chi connectivity index (χ2v) is 7.79. The van der Waals surface area contributed by atoms with Crippen LogP contribution in [0.1, 0.15) is 44.2 Å². The van der Waals surface area contributed by atoms with Crippen molar-refractivity contribution < 1.29 is 19.1 Å². The summed E-state index contributed by atoms with van der Waals surface area (Å²) in [7, 11) is 0. The summed E-state index contributed by atoms with van der Waals surface area (Å²) in [5.74, 6) is -1.34. The van der Waals surface area contributed by atoms with Gasteiger partial charge in [0.1, 0.15) is 0 Å². The van der Waals surface area contributed by atoms with Crippen molar-refractivity contribution in [2.45, 2.75) is 39.5 Å². The topological polar surface area (TPSA) is 75.7 Å². The van der Waals surface area contributed by atoms with Crippen LogP contribution in [-0.2, 0) is 25.5 Å². The van der Waals surface area contributed by atoms with Crippen molar-refractivity contribution in [3.8, 4) is 0 Å². The number of ether oxygens (including phenoxy) is 1. The zero-order valence-corrected chi connectivity index (χ0v) is 17.7. The zero-order valence-electron chi connectivity index (χ0n) is 17.7. The van der Waals surface area contributed by atoms with Crippen LogP contribution in [0.3, 0.4) is 0 Å². The van der Waals surface area contributed by atoms with Gasteiger partial charge in [-0.2, -0.15) is 0 Å². The fraction of sp³-hybridized carbons (Fsp3) is 0.375. The molecule has 0 radical (unpaired) electrons. The van der Waals surface area contributed by atoms with Crippen LogP contribution in [0.15, 0.2) is 48.5 Å². The van der Waals surface area contributed by atoms with Gasteiger partial charge in [-0.15, -0.1) is 0 Å². The van der Waals surface area contributed by atoms with Crippen LogP contribution in [0.2, 0.25) is 0 Å². The number of carbonyl (C=O) groups excluding carboxylic acids is 3. The van der Waals surface area contributed by atoms with E-state index in [0.29, 0.717) is 5.69 Å². The fourth-order valence-corrected chi connectivity index (χ4v) is 3.73. The number of anilines is 2. The standard InChI is InChI=1S/C24H28N2O4/c1-4-17-9-5-8-12-21(17)26-14-18(13-23(26)28)24(29)30-15-22(27)25-20-11-7-6-10-19(20)16(2)3/h5-12,16,18H,4,13-15H2,1-3H3,(H,25,27)/t18-/m0/s1. The molecule has 0 saturated carbocycles. The summed E-state index contributed by atoms with van der Waals surface area (Å²) in [5.41, 5.74) is 3.63. The van der Waals surface area contributed by atoms with Gasteiger partial charge >= 0.3 is 5.97 Å². The lowest BCUT2D eigenvalue weighted by molar-refractivity contribution is -0.151. The number of amides is 2. The SMILES string of the molecule is CCc1ccccc1N1C[C@@H](C(=O)OCC(=O)Nc2ccccc2C(C)C)CC1=O. The third-order valence-electron chi connectivity index (χ3n) is 5.32. The minimum absolute atomic E-state index is 0.0919. The maximum Gasteiger partial charge on any atom is 0.311 e. The average molecular weight is 408 g/mol. The van der Waals surface area contributed by atoms with Gasteiger partial charge in [0, 0.05) is 24.3 Å². The van der Waals surface area contributed by atoms with Crippen LogP contribution < -0.4 is 10.2 Å². The molecule has 1 atom stereocenters. The van der Waals surface area contributed by atoms with E-state index in [4.69, 9.17) is 4.74 Å². The molecule has 1 N–H and O–H groups in total. The molecule has 158 valence electrons. The highest BCUT2D eigenvalue weighted by Gasteiger charge is 2.37. The van der Waals surface area contributed by atoms with E-state index < -0.39 is 17.8 Å². The number of nitrogens with one attached hydrogen (secondary N) is 1. The Morgan fingerprint density at radius 3 is 2.57 bits per heavy atom. The molecule has 0 spiro atoms. The van der Waals surface area contributed by atoms with E-state index in [-0.39, 0.29) is 31.4 Å². The van der Waals surface area contributed by atoms with E-state index in [9.17, 15) is 14.4 Å². The molecule has 1 aliphatic rings. The van der Waals surface area contributed by atoms with Crippen LogP contribution in [-0.4, -0.2) is 30.9 Å². The third kappa shape index (κ3) is 4.87. The van der Waals surface area contributed by atoms with Gasteiger partial charge in [-0.05, 0) is 35.6 Å². The largest absolute Gasteiger partial charge is 0.455 e. The molecule has 0 aliphatic carbocycles. The van der Waals surface area contributed by atoms with Gasteiger partial charge in [-0.3, -0.25) is 14.4 Å². The molecule has 6 nitrogen and oxygen atoms in total. The molecule has 30 heavy (non-hydrogen) atoms. The number of hydrogen-bond acceptors (Lipinski definition) is 4. The summed E-state index contributed by atoms with van der Waals surface area (Å²) in [6.45, 7) is 6.02. The molecule has 1 heterocycles. The van der Waals surface area contributed by atoms with E-state index in [1.165, 1.54) is 0 Å². The minimum Gasteiger partial charge on any atom is -0.455 e. The lowest BCUT2D eigenvalue weighted by Gasteiger charge is -2.19. The Bertz CT molecular complexity index is 938. The Kier molecular flexibility index (Phi) is 6.87. The summed E-state index contributed by atoms with van der Waals surface area (Å²) < 4.78 is 5.22. The number of carbonyl (C=O) groups is 3. The molecule has 6 heteroatoms. The molecule has 0 bridgehead atoms. The smallest absolute Gasteiger partial charge is 0.311 e. The maximum absolute atomic E-state index is 12.5. The zero-order chi connectivity index (χ0) is 21.7. The van der Waals surface area contributed by atoms with Crippen molar-refractivity contribution in [3.63, 3.8) is 0 Å². The number of para-hydroxylation sites is 2. The number of esters is 1.